The van der Waals surface area contributed by atoms with Crippen molar-refractivity contribution in [1.29, 1.82) is 0 Å². The third kappa shape index (κ3) is 3.64. The lowest BCUT2D eigenvalue weighted by Gasteiger charge is -2.35. The first kappa shape index (κ1) is 14.4. The summed E-state index contributed by atoms with van der Waals surface area (Å²) in [4.78, 5) is 22.8. The fourth-order valence-corrected chi connectivity index (χ4v) is 1.72. The molecule has 0 bridgehead atoms. The van der Waals surface area contributed by atoms with Crippen LogP contribution in [0, 0.1) is 0 Å². The molecular weight excluding hydrogens is 284 g/mol. The van der Waals surface area contributed by atoms with Gasteiger partial charge in [-0.15, -0.1) is 0 Å². The van der Waals surface area contributed by atoms with Crippen LogP contribution < -0.4 is 0 Å². The van der Waals surface area contributed by atoms with Gasteiger partial charge in [-0.05, 0) is 0 Å². The Labute approximate surface area is 105 Å². The number of amides is 2. The van der Waals surface area contributed by atoms with Gasteiger partial charge in [0.1, 0.15) is 0 Å². The highest BCUT2D eigenvalue weighted by molar-refractivity contribution is 6.53. The van der Waals surface area contributed by atoms with Crippen LogP contribution in [0.15, 0.2) is 0 Å². The molecular formula is C8H9Cl2F3N2O2. The molecule has 0 N–H and O–H groups in total. The number of hydrogen-bond acceptors (Lipinski definition) is 2. The lowest BCUT2D eigenvalue weighted by molar-refractivity contribution is -0.187. The van der Waals surface area contributed by atoms with Gasteiger partial charge in [0, 0.05) is 26.2 Å². The summed E-state index contributed by atoms with van der Waals surface area (Å²) in [5.74, 6) is -2.45. The Morgan fingerprint density at radius 1 is 1.00 bits per heavy atom. The predicted molar refractivity (Wildman–Crippen MR) is 54.7 cm³/mol. The van der Waals surface area contributed by atoms with E-state index in [0.717, 1.165) is 0 Å². The maximum absolute atomic E-state index is 12.1. The highest BCUT2D eigenvalue weighted by atomic mass is 35.5. The minimum atomic E-state index is -4.88. The van der Waals surface area contributed by atoms with Gasteiger partial charge in [-0.3, -0.25) is 9.59 Å². The highest BCUT2D eigenvalue weighted by Gasteiger charge is 2.43. The van der Waals surface area contributed by atoms with Crippen LogP contribution in [0.25, 0.3) is 0 Å². The minimum Gasteiger partial charge on any atom is -0.337 e. The van der Waals surface area contributed by atoms with Crippen LogP contribution in [0.4, 0.5) is 13.2 Å². The van der Waals surface area contributed by atoms with Crippen molar-refractivity contribution in [2.75, 3.05) is 26.2 Å². The predicted octanol–water partition coefficient (Wildman–Crippen LogP) is 1.02. The van der Waals surface area contributed by atoms with Gasteiger partial charge in [0.15, 0.2) is 4.84 Å². The first-order valence-electron chi connectivity index (χ1n) is 4.66. The monoisotopic (exact) mass is 292 g/mol. The molecule has 4 nitrogen and oxygen atoms in total. The summed E-state index contributed by atoms with van der Waals surface area (Å²) in [5, 5.41) is 0. The molecule has 1 heterocycles. The van der Waals surface area contributed by atoms with Crippen molar-refractivity contribution < 1.29 is 22.8 Å². The minimum absolute atomic E-state index is 0.00338. The molecule has 0 unspecified atom stereocenters. The smallest absolute Gasteiger partial charge is 0.337 e. The summed E-state index contributed by atoms with van der Waals surface area (Å²) in [6.07, 6.45) is -4.88. The van der Waals surface area contributed by atoms with Crippen LogP contribution in [-0.2, 0) is 9.59 Å². The highest BCUT2D eigenvalue weighted by Crippen LogP contribution is 2.20. The van der Waals surface area contributed by atoms with E-state index in [0.29, 0.717) is 4.90 Å². The van der Waals surface area contributed by atoms with E-state index in [4.69, 9.17) is 23.2 Å². The summed E-state index contributed by atoms with van der Waals surface area (Å²) in [6, 6.07) is 0. The Morgan fingerprint density at radius 3 is 1.76 bits per heavy atom. The van der Waals surface area contributed by atoms with E-state index in [2.05, 4.69) is 0 Å². The lowest BCUT2D eigenvalue weighted by Crippen LogP contribution is -2.54. The van der Waals surface area contributed by atoms with Crippen molar-refractivity contribution in [2.24, 2.45) is 0 Å². The van der Waals surface area contributed by atoms with Crippen LogP contribution in [-0.4, -0.2) is 58.8 Å². The summed E-state index contributed by atoms with van der Waals surface area (Å²) in [6.45, 7) is -0.359. The van der Waals surface area contributed by atoms with Gasteiger partial charge in [0.05, 0.1) is 0 Å². The normalized spacial score (nSPS) is 17.5. The first-order valence-corrected chi connectivity index (χ1v) is 5.54. The van der Waals surface area contributed by atoms with Gasteiger partial charge < -0.3 is 9.80 Å². The molecule has 17 heavy (non-hydrogen) atoms. The zero-order valence-electron chi connectivity index (χ0n) is 8.51. The average Bonchev–Trinajstić information content (AvgIpc) is 2.26. The lowest BCUT2D eigenvalue weighted by atomic mass is 10.3. The Bertz CT molecular complexity index is 314. The van der Waals surface area contributed by atoms with Crippen molar-refractivity contribution in [3.8, 4) is 0 Å². The number of alkyl halides is 5. The quantitative estimate of drug-likeness (QED) is 0.677. The first-order chi connectivity index (χ1) is 7.73. The molecule has 0 aromatic carbocycles. The fourth-order valence-electron chi connectivity index (χ4n) is 1.45. The van der Waals surface area contributed by atoms with Crippen LogP contribution in [0.2, 0.25) is 0 Å². The van der Waals surface area contributed by atoms with Crippen molar-refractivity contribution in [3.05, 3.63) is 0 Å². The zero-order chi connectivity index (χ0) is 13.2. The van der Waals surface area contributed by atoms with Gasteiger partial charge in [0.2, 0.25) is 0 Å². The van der Waals surface area contributed by atoms with Crippen molar-refractivity contribution in [1.82, 2.24) is 9.80 Å². The van der Waals surface area contributed by atoms with Crippen LogP contribution >= 0.6 is 23.2 Å². The number of halogens is 5. The molecule has 0 radical (unpaired) electrons. The Balaban J connectivity index is 2.52. The molecule has 1 aliphatic rings. The van der Waals surface area contributed by atoms with Gasteiger partial charge in [-0.1, -0.05) is 23.2 Å². The molecule has 2 amide bonds. The van der Waals surface area contributed by atoms with E-state index >= 15 is 0 Å². The molecule has 1 rings (SSSR count). The number of carbonyl (C=O) groups excluding carboxylic acids is 2. The number of carbonyl (C=O) groups is 2. The summed E-state index contributed by atoms with van der Waals surface area (Å²) in [7, 11) is 0. The fraction of sp³-hybridized carbons (Fsp3) is 0.750. The van der Waals surface area contributed by atoms with E-state index in [1.165, 1.54) is 4.90 Å². The molecule has 0 spiro atoms. The van der Waals surface area contributed by atoms with Gasteiger partial charge >= 0.3 is 12.1 Å². The third-order valence-electron chi connectivity index (χ3n) is 2.31. The molecule has 9 heteroatoms. The number of nitrogens with zero attached hydrogens (tertiary/aromatic N) is 2. The average molecular weight is 293 g/mol. The van der Waals surface area contributed by atoms with Crippen LogP contribution in [0.1, 0.15) is 0 Å². The van der Waals surface area contributed by atoms with Gasteiger partial charge in [-0.2, -0.15) is 13.2 Å². The van der Waals surface area contributed by atoms with E-state index in [9.17, 15) is 22.8 Å². The van der Waals surface area contributed by atoms with Crippen LogP contribution in [0.3, 0.4) is 0 Å². The zero-order valence-corrected chi connectivity index (χ0v) is 10.0. The number of rotatable bonds is 1. The van der Waals surface area contributed by atoms with E-state index in [-0.39, 0.29) is 26.2 Å². The molecule has 0 atom stereocenters. The van der Waals surface area contributed by atoms with Gasteiger partial charge in [0.25, 0.3) is 5.91 Å². The van der Waals surface area contributed by atoms with Crippen LogP contribution in [0.5, 0.6) is 0 Å². The number of hydrogen-bond donors (Lipinski definition) is 0. The van der Waals surface area contributed by atoms with Crippen molar-refractivity contribution in [3.63, 3.8) is 0 Å². The van der Waals surface area contributed by atoms with Crippen molar-refractivity contribution >= 4 is 35.0 Å². The van der Waals surface area contributed by atoms with E-state index < -0.39 is 22.8 Å². The Kier molecular flexibility index (Phi) is 4.48. The third-order valence-corrected chi connectivity index (χ3v) is 2.68. The van der Waals surface area contributed by atoms with Crippen molar-refractivity contribution in [2.45, 2.75) is 11.0 Å². The molecule has 1 saturated heterocycles. The second kappa shape index (κ2) is 5.30. The summed E-state index contributed by atoms with van der Waals surface area (Å²) >= 11 is 10.7. The second-order valence-electron chi connectivity index (χ2n) is 3.42. The maximum atomic E-state index is 12.1. The Hall–Kier alpha value is -0.690. The van der Waals surface area contributed by atoms with E-state index in [1.807, 2.05) is 0 Å². The topological polar surface area (TPSA) is 40.6 Å². The maximum Gasteiger partial charge on any atom is 0.471 e. The number of piperazine rings is 1. The van der Waals surface area contributed by atoms with Gasteiger partial charge in [-0.25, -0.2) is 0 Å². The molecule has 0 saturated carbocycles. The molecule has 0 aliphatic carbocycles. The van der Waals surface area contributed by atoms with E-state index in [1.54, 1.807) is 0 Å². The standard InChI is InChI=1S/C8H9Cl2F3N2O2/c9-5(10)6(16)14-1-3-15(4-2-14)7(17)8(11,12)13/h5H,1-4H2. The molecule has 1 fully saturated rings. The molecule has 1 aliphatic heterocycles. The molecule has 0 aromatic rings. The Morgan fingerprint density at radius 2 is 1.41 bits per heavy atom. The molecule has 0 aromatic heterocycles. The SMILES string of the molecule is O=C(C(Cl)Cl)N1CCN(C(=O)C(F)(F)F)CC1. The summed E-state index contributed by atoms with van der Waals surface area (Å²) in [5.41, 5.74) is 0. The second-order valence-corrected chi connectivity index (χ2v) is 4.51. The molecule has 98 valence electrons. The largest absolute Gasteiger partial charge is 0.471 e. The summed E-state index contributed by atoms with van der Waals surface area (Å²) < 4.78 is 36.3.